The van der Waals surface area contributed by atoms with Gasteiger partial charge in [0.05, 0.1) is 11.8 Å². The fourth-order valence-corrected chi connectivity index (χ4v) is 2.79. The van der Waals surface area contributed by atoms with Gasteiger partial charge in [-0.2, -0.15) is 0 Å². The van der Waals surface area contributed by atoms with Gasteiger partial charge in [0.2, 0.25) is 5.91 Å². The van der Waals surface area contributed by atoms with Gasteiger partial charge in [-0.1, -0.05) is 19.8 Å². The summed E-state index contributed by atoms with van der Waals surface area (Å²) in [4.78, 5) is 23.0. The van der Waals surface area contributed by atoms with E-state index in [2.05, 4.69) is 5.32 Å². The Labute approximate surface area is 102 Å². The number of aliphatic carboxylic acids is 1. The van der Waals surface area contributed by atoms with Gasteiger partial charge in [0.15, 0.2) is 0 Å². The summed E-state index contributed by atoms with van der Waals surface area (Å²) in [5, 5.41) is 12.0. The number of carbonyl (C=O) groups excluding carboxylic acids is 1. The highest BCUT2D eigenvalue weighted by Gasteiger charge is 2.41. The van der Waals surface area contributed by atoms with Crippen LogP contribution in [0, 0.1) is 23.7 Å². The van der Waals surface area contributed by atoms with Crippen LogP contribution in [-0.4, -0.2) is 23.5 Å². The number of carboxylic acid groups (broad SMARTS) is 1. The standard InChI is InChI=1S/C13H21NO3/c1-8-6-10(11(7-8)13(16)17)12(15)14-5-4-9-2-3-9/h8-11H,2-7H2,1H3,(H,14,15)(H,16,17)/t8?,10-,11+/m0/s1. The lowest BCUT2D eigenvalue weighted by molar-refractivity contribution is -0.146. The number of carbonyl (C=O) groups is 2. The van der Waals surface area contributed by atoms with Crippen molar-refractivity contribution < 1.29 is 14.7 Å². The molecule has 96 valence electrons. The van der Waals surface area contributed by atoms with Crippen molar-refractivity contribution in [3.63, 3.8) is 0 Å². The second-order valence-electron chi connectivity index (χ2n) is 5.65. The Balaban J connectivity index is 1.81. The van der Waals surface area contributed by atoms with E-state index in [0.29, 0.717) is 25.3 Å². The van der Waals surface area contributed by atoms with Crippen LogP contribution in [0.1, 0.15) is 39.0 Å². The van der Waals surface area contributed by atoms with E-state index in [0.717, 1.165) is 12.3 Å². The van der Waals surface area contributed by atoms with E-state index < -0.39 is 11.9 Å². The maximum Gasteiger partial charge on any atom is 0.307 e. The van der Waals surface area contributed by atoms with Crippen LogP contribution in [-0.2, 0) is 9.59 Å². The summed E-state index contributed by atoms with van der Waals surface area (Å²) in [7, 11) is 0. The van der Waals surface area contributed by atoms with Crippen LogP contribution in [0.3, 0.4) is 0 Å². The molecule has 0 spiro atoms. The van der Waals surface area contributed by atoms with Crippen molar-refractivity contribution in [2.45, 2.75) is 39.0 Å². The lowest BCUT2D eigenvalue weighted by Crippen LogP contribution is -2.35. The van der Waals surface area contributed by atoms with E-state index in [1.165, 1.54) is 12.8 Å². The number of hydrogen-bond donors (Lipinski definition) is 2. The number of carboxylic acids is 1. The Kier molecular flexibility index (Phi) is 3.69. The molecule has 0 aliphatic heterocycles. The van der Waals surface area contributed by atoms with Gasteiger partial charge in [-0.15, -0.1) is 0 Å². The second-order valence-corrected chi connectivity index (χ2v) is 5.65. The Morgan fingerprint density at radius 3 is 2.47 bits per heavy atom. The first-order valence-corrected chi connectivity index (χ1v) is 6.58. The Bertz CT molecular complexity index is 312. The second kappa shape index (κ2) is 5.07. The van der Waals surface area contributed by atoms with Crippen LogP contribution in [0.4, 0.5) is 0 Å². The topological polar surface area (TPSA) is 66.4 Å². The molecule has 2 fully saturated rings. The third kappa shape index (κ3) is 3.20. The maximum atomic E-state index is 11.9. The number of nitrogens with one attached hydrogen (secondary N) is 1. The summed E-state index contributed by atoms with van der Waals surface area (Å²) >= 11 is 0. The van der Waals surface area contributed by atoms with Crippen LogP contribution < -0.4 is 5.32 Å². The smallest absolute Gasteiger partial charge is 0.307 e. The Morgan fingerprint density at radius 1 is 1.24 bits per heavy atom. The minimum Gasteiger partial charge on any atom is -0.481 e. The van der Waals surface area contributed by atoms with Gasteiger partial charge in [0, 0.05) is 6.54 Å². The summed E-state index contributed by atoms with van der Waals surface area (Å²) in [6.45, 7) is 2.73. The van der Waals surface area contributed by atoms with E-state index in [-0.39, 0.29) is 11.8 Å². The Hall–Kier alpha value is -1.06. The third-order valence-electron chi connectivity index (χ3n) is 4.00. The molecule has 0 radical (unpaired) electrons. The van der Waals surface area contributed by atoms with Crippen molar-refractivity contribution in [1.82, 2.24) is 5.32 Å². The van der Waals surface area contributed by atoms with Crippen LogP contribution >= 0.6 is 0 Å². The average Bonchev–Trinajstić information content (AvgIpc) is 2.99. The first kappa shape index (κ1) is 12.4. The molecule has 0 aromatic carbocycles. The molecule has 17 heavy (non-hydrogen) atoms. The zero-order valence-corrected chi connectivity index (χ0v) is 10.3. The van der Waals surface area contributed by atoms with E-state index in [1.54, 1.807) is 0 Å². The first-order valence-electron chi connectivity index (χ1n) is 6.58. The molecule has 4 heteroatoms. The largest absolute Gasteiger partial charge is 0.481 e. The van der Waals surface area contributed by atoms with Gasteiger partial charge in [0.25, 0.3) is 0 Å². The Morgan fingerprint density at radius 2 is 1.88 bits per heavy atom. The minimum absolute atomic E-state index is 0.0533. The first-order chi connectivity index (χ1) is 8.08. The van der Waals surface area contributed by atoms with Crippen LogP contribution in [0.2, 0.25) is 0 Å². The highest BCUT2D eigenvalue weighted by atomic mass is 16.4. The molecular weight excluding hydrogens is 218 g/mol. The number of rotatable bonds is 5. The van der Waals surface area contributed by atoms with Crippen molar-refractivity contribution in [1.29, 1.82) is 0 Å². The van der Waals surface area contributed by atoms with Gasteiger partial charge in [0.1, 0.15) is 0 Å². The predicted octanol–water partition coefficient (Wildman–Crippen LogP) is 1.65. The molecule has 4 nitrogen and oxygen atoms in total. The van der Waals surface area contributed by atoms with Crippen molar-refractivity contribution in [2.24, 2.45) is 23.7 Å². The number of hydrogen-bond acceptors (Lipinski definition) is 2. The lowest BCUT2D eigenvalue weighted by atomic mass is 9.95. The molecule has 0 bridgehead atoms. The van der Waals surface area contributed by atoms with Crippen LogP contribution in [0.15, 0.2) is 0 Å². The number of amides is 1. The van der Waals surface area contributed by atoms with Crippen molar-refractivity contribution in [3.05, 3.63) is 0 Å². The molecule has 0 aromatic rings. The summed E-state index contributed by atoms with van der Waals surface area (Å²) in [5.74, 6) is -0.532. The predicted molar refractivity (Wildman–Crippen MR) is 63.4 cm³/mol. The summed E-state index contributed by atoms with van der Waals surface area (Å²) in [6.07, 6.45) is 4.97. The van der Waals surface area contributed by atoms with Crippen LogP contribution in [0.5, 0.6) is 0 Å². The molecule has 2 aliphatic rings. The molecule has 0 heterocycles. The minimum atomic E-state index is -0.823. The fraction of sp³-hybridized carbons (Fsp3) is 0.846. The molecule has 3 atom stereocenters. The average molecular weight is 239 g/mol. The molecule has 0 aromatic heterocycles. The molecule has 1 amide bonds. The molecule has 1 unspecified atom stereocenters. The molecule has 2 N–H and O–H groups in total. The molecule has 2 aliphatic carbocycles. The zero-order chi connectivity index (χ0) is 12.4. The van der Waals surface area contributed by atoms with Gasteiger partial charge >= 0.3 is 5.97 Å². The monoisotopic (exact) mass is 239 g/mol. The lowest BCUT2D eigenvalue weighted by Gasteiger charge is -2.15. The molecular formula is C13H21NO3. The van der Waals surface area contributed by atoms with Gasteiger partial charge in [-0.25, -0.2) is 0 Å². The highest BCUT2D eigenvalue weighted by Crippen LogP contribution is 2.36. The van der Waals surface area contributed by atoms with Crippen molar-refractivity contribution >= 4 is 11.9 Å². The normalized spacial score (nSPS) is 32.4. The highest BCUT2D eigenvalue weighted by molar-refractivity contribution is 5.85. The fourth-order valence-electron chi connectivity index (χ4n) is 2.79. The summed E-state index contributed by atoms with van der Waals surface area (Å²) < 4.78 is 0. The zero-order valence-electron chi connectivity index (χ0n) is 10.3. The van der Waals surface area contributed by atoms with E-state index in [1.807, 2.05) is 6.92 Å². The summed E-state index contributed by atoms with van der Waals surface area (Å²) in [6, 6.07) is 0. The van der Waals surface area contributed by atoms with E-state index in [4.69, 9.17) is 5.11 Å². The van der Waals surface area contributed by atoms with Gasteiger partial charge in [-0.05, 0) is 31.1 Å². The van der Waals surface area contributed by atoms with Crippen molar-refractivity contribution in [3.8, 4) is 0 Å². The molecule has 0 saturated heterocycles. The maximum absolute atomic E-state index is 11.9. The van der Waals surface area contributed by atoms with Crippen LogP contribution in [0.25, 0.3) is 0 Å². The van der Waals surface area contributed by atoms with E-state index >= 15 is 0 Å². The molecule has 2 rings (SSSR count). The third-order valence-corrected chi connectivity index (χ3v) is 4.00. The van der Waals surface area contributed by atoms with Gasteiger partial charge in [-0.3, -0.25) is 9.59 Å². The quantitative estimate of drug-likeness (QED) is 0.766. The van der Waals surface area contributed by atoms with Gasteiger partial charge < -0.3 is 10.4 Å². The van der Waals surface area contributed by atoms with E-state index in [9.17, 15) is 9.59 Å². The SMILES string of the molecule is CC1C[C@H](C(=O)NCCC2CC2)[C@H](C(=O)O)C1. The molecule has 2 saturated carbocycles. The summed E-state index contributed by atoms with van der Waals surface area (Å²) in [5.41, 5.74) is 0. The van der Waals surface area contributed by atoms with Crippen molar-refractivity contribution in [2.75, 3.05) is 6.54 Å².